The molecule has 0 saturated carbocycles. The number of likely N-dealkylation sites (tertiary alicyclic amines) is 1. The number of nitrogens with zero attached hydrogens (tertiary/aromatic N) is 3. The minimum Gasteiger partial charge on any atom is -0.338 e. The SMILES string of the molecule is Cn1ccnc1C(NC(=O)c1ccc(CN2CCCC2=O)cc1)c1ccccc1F. The van der Waals surface area contributed by atoms with Crippen LogP contribution in [-0.2, 0) is 18.4 Å². The predicted octanol–water partition coefficient (Wildman–Crippen LogP) is 3.20. The van der Waals surface area contributed by atoms with Gasteiger partial charge in [0.1, 0.15) is 17.7 Å². The summed E-state index contributed by atoms with van der Waals surface area (Å²) in [7, 11) is 1.80. The number of hydrogen-bond donors (Lipinski definition) is 1. The van der Waals surface area contributed by atoms with Gasteiger partial charge in [0.15, 0.2) is 0 Å². The molecular formula is C23H23FN4O2. The van der Waals surface area contributed by atoms with Crippen molar-refractivity contribution in [3.63, 3.8) is 0 Å². The van der Waals surface area contributed by atoms with Crippen LogP contribution < -0.4 is 5.32 Å². The van der Waals surface area contributed by atoms with E-state index >= 15 is 0 Å². The third-order valence-corrected chi connectivity index (χ3v) is 5.37. The van der Waals surface area contributed by atoms with E-state index in [0.717, 1.165) is 18.5 Å². The second-order valence-corrected chi connectivity index (χ2v) is 7.44. The van der Waals surface area contributed by atoms with Crippen molar-refractivity contribution in [1.82, 2.24) is 19.8 Å². The van der Waals surface area contributed by atoms with Gasteiger partial charge in [0.2, 0.25) is 5.91 Å². The molecule has 3 aromatic rings. The van der Waals surface area contributed by atoms with Gasteiger partial charge < -0.3 is 14.8 Å². The van der Waals surface area contributed by atoms with Gasteiger partial charge in [-0.15, -0.1) is 0 Å². The molecule has 1 unspecified atom stereocenters. The Morgan fingerprint density at radius 1 is 1.20 bits per heavy atom. The standard InChI is InChI=1S/C23H23FN4O2/c1-27-14-12-25-22(27)21(18-5-2-3-6-19(18)24)26-23(30)17-10-8-16(9-11-17)15-28-13-4-7-20(28)29/h2-3,5-6,8-12,14,21H,4,7,13,15H2,1H3,(H,26,30). The highest BCUT2D eigenvalue weighted by molar-refractivity contribution is 5.94. The quantitative estimate of drug-likeness (QED) is 0.684. The van der Waals surface area contributed by atoms with E-state index in [9.17, 15) is 14.0 Å². The summed E-state index contributed by atoms with van der Waals surface area (Å²) in [5.41, 5.74) is 1.78. The van der Waals surface area contributed by atoms with E-state index in [1.807, 2.05) is 17.0 Å². The van der Waals surface area contributed by atoms with E-state index in [2.05, 4.69) is 10.3 Å². The number of nitrogens with one attached hydrogen (secondary N) is 1. The lowest BCUT2D eigenvalue weighted by Gasteiger charge is -2.20. The average molecular weight is 406 g/mol. The molecule has 2 heterocycles. The van der Waals surface area contributed by atoms with E-state index in [1.165, 1.54) is 6.07 Å². The number of benzene rings is 2. The molecule has 2 aromatic carbocycles. The predicted molar refractivity (Wildman–Crippen MR) is 110 cm³/mol. The number of aromatic nitrogens is 2. The molecule has 7 heteroatoms. The van der Waals surface area contributed by atoms with Crippen molar-refractivity contribution in [1.29, 1.82) is 0 Å². The van der Waals surface area contributed by atoms with E-state index in [-0.39, 0.29) is 11.8 Å². The summed E-state index contributed by atoms with van der Waals surface area (Å²) in [6, 6.07) is 12.8. The monoisotopic (exact) mass is 406 g/mol. The lowest BCUT2D eigenvalue weighted by molar-refractivity contribution is -0.128. The average Bonchev–Trinajstić information content (AvgIpc) is 3.35. The molecular weight excluding hydrogens is 383 g/mol. The normalized spacial score (nSPS) is 14.7. The van der Waals surface area contributed by atoms with Crippen LogP contribution in [0.2, 0.25) is 0 Å². The molecule has 6 nitrogen and oxygen atoms in total. The smallest absolute Gasteiger partial charge is 0.252 e. The van der Waals surface area contributed by atoms with Gasteiger partial charge in [-0.25, -0.2) is 9.37 Å². The van der Waals surface area contributed by atoms with Gasteiger partial charge in [0.25, 0.3) is 5.91 Å². The van der Waals surface area contributed by atoms with Crippen molar-refractivity contribution in [2.75, 3.05) is 6.54 Å². The number of imidazole rings is 1. The number of carbonyl (C=O) groups excluding carboxylic acids is 2. The van der Waals surface area contributed by atoms with Gasteiger partial charge in [0, 0.05) is 50.1 Å². The molecule has 1 N–H and O–H groups in total. The number of carbonyl (C=O) groups is 2. The Bertz CT molecular complexity index is 1060. The van der Waals surface area contributed by atoms with Gasteiger partial charge in [-0.1, -0.05) is 30.3 Å². The number of aryl methyl sites for hydroxylation is 1. The number of hydrogen-bond acceptors (Lipinski definition) is 3. The van der Waals surface area contributed by atoms with Gasteiger partial charge in [-0.3, -0.25) is 9.59 Å². The molecule has 154 valence electrons. The van der Waals surface area contributed by atoms with Crippen molar-refractivity contribution in [3.05, 3.63) is 89.3 Å². The first-order valence-electron chi connectivity index (χ1n) is 9.92. The molecule has 0 bridgehead atoms. The number of rotatable bonds is 6. The number of amides is 2. The largest absolute Gasteiger partial charge is 0.338 e. The zero-order valence-electron chi connectivity index (χ0n) is 16.7. The van der Waals surface area contributed by atoms with Gasteiger partial charge in [-0.05, 0) is 30.2 Å². The topological polar surface area (TPSA) is 67.2 Å². The molecule has 4 rings (SSSR count). The highest BCUT2D eigenvalue weighted by Crippen LogP contribution is 2.24. The fourth-order valence-electron chi connectivity index (χ4n) is 3.71. The summed E-state index contributed by atoms with van der Waals surface area (Å²) in [5.74, 6) is -0.0243. The Labute approximate surface area is 174 Å². The van der Waals surface area contributed by atoms with Gasteiger partial charge >= 0.3 is 0 Å². The van der Waals surface area contributed by atoms with Crippen LogP contribution in [0, 0.1) is 5.82 Å². The lowest BCUT2D eigenvalue weighted by atomic mass is 10.0. The van der Waals surface area contributed by atoms with Crippen molar-refractivity contribution in [2.24, 2.45) is 7.05 Å². The third kappa shape index (κ3) is 4.10. The van der Waals surface area contributed by atoms with E-state index < -0.39 is 11.9 Å². The van der Waals surface area contributed by atoms with Crippen LogP contribution in [0.15, 0.2) is 60.9 Å². The highest BCUT2D eigenvalue weighted by atomic mass is 19.1. The summed E-state index contributed by atoms with van der Waals surface area (Å²) >= 11 is 0. The van der Waals surface area contributed by atoms with Crippen molar-refractivity contribution in [2.45, 2.75) is 25.4 Å². The minimum absolute atomic E-state index is 0.166. The Hall–Kier alpha value is -3.48. The van der Waals surface area contributed by atoms with Crippen LogP contribution in [0.5, 0.6) is 0 Å². The van der Waals surface area contributed by atoms with Crippen LogP contribution in [0.4, 0.5) is 4.39 Å². The Balaban J connectivity index is 1.53. The molecule has 1 aliphatic heterocycles. The Morgan fingerprint density at radius 3 is 2.60 bits per heavy atom. The molecule has 0 spiro atoms. The summed E-state index contributed by atoms with van der Waals surface area (Å²) in [6.45, 7) is 1.32. The molecule has 1 atom stereocenters. The zero-order valence-corrected chi connectivity index (χ0v) is 16.7. The molecule has 0 radical (unpaired) electrons. The maximum absolute atomic E-state index is 14.5. The fourth-order valence-corrected chi connectivity index (χ4v) is 3.71. The van der Waals surface area contributed by atoms with Crippen LogP contribution >= 0.6 is 0 Å². The van der Waals surface area contributed by atoms with Crippen LogP contribution in [-0.4, -0.2) is 32.8 Å². The second kappa shape index (κ2) is 8.49. The van der Waals surface area contributed by atoms with E-state index in [0.29, 0.717) is 29.9 Å². The summed E-state index contributed by atoms with van der Waals surface area (Å²) in [6.07, 6.45) is 4.86. The molecule has 0 aliphatic carbocycles. The Kier molecular flexibility index (Phi) is 5.61. The van der Waals surface area contributed by atoms with Crippen molar-refractivity contribution < 1.29 is 14.0 Å². The fraction of sp³-hybridized carbons (Fsp3) is 0.261. The van der Waals surface area contributed by atoms with E-state index in [1.54, 1.807) is 54.3 Å². The number of halogens is 1. The first-order chi connectivity index (χ1) is 14.5. The lowest BCUT2D eigenvalue weighted by Crippen LogP contribution is -2.31. The minimum atomic E-state index is -0.722. The molecule has 1 aromatic heterocycles. The molecule has 1 fully saturated rings. The van der Waals surface area contributed by atoms with Crippen LogP contribution in [0.3, 0.4) is 0 Å². The summed E-state index contributed by atoms with van der Waals surface area (Å²) in [5, 5.41) is 2.91. The van der Waals surface area contributed by atoms with Crippen molar-refractivity contribution >= 4 is 11.8 Å². The molecule has 1 aliphatic rings. The maximum atomic E-state index is 14.5. The van der Waals surface area contributed by atoms with E-state index in [4.69, 9.17) is 0 Å². The first kappa shape index (κ1) is 19.8. The summed E-state index contributed by atoms with van der Waals surface area (Å²) < 4.78 is 16.2. The van der Waals surface area contributed by atoms with Gasteiger partial charge in [0.05, 0.1) is 0 Å². The molecule has 1 saturated heterocycles. The Morgan fingerprint density at radius 2 is 1.97 bits per heavy atom. The van der Waals surface area contributed by atoms with Crippen molar-refractivity contribution in [3.8, 4) is 0 Å². The van der Waals surface area contributed by atoms with Crippen LogP contribution in [0.1, 0.15) is 46.2 Å². The maximum Gasteiger partial charge on any atom is 0.252 e. The second-order valence-electron chi connectivity index (χ2n) is 7.44. The molecule has 2 amide bonds. The highest BCUT2D eigenvalue weighted by Gasteiger charge is 2.24. The van der Waals surface area contributed by atoms with Crippen LogP contribution in [0.25, 0.3) is 0 Å². The zero-order chi connectivity index (χ0) is 21.1. The molecule has 30 heavy (non-hydrogen) atoms. The summed E-state index contributed by atoms with van der Waals surface area (Å²) in [4.78, 5) is 30.8. The van der Waals surface area contributed by atoms with Gasteiger partial charge in [-0.2, -0.15) is 0 Å². The third-order valence-electron chi connectivity index (χ3n) is 5.37. The first-order valence-corrected chi connectivity index (χ1v) is 9.92.